The summed E-state index contributed by atoms with van der Waals surface area (Å²) in [6.45, 7) is 0.360. The summed E-state index contributed by atoms with van der Waals surface area (Å²) in [6.07, 6.45) is 0.356. The normalized spacial score (nSPS) is 16.2. The van der Waals surface area contributed by atoms with Crippen molar-refractivity contribution in [3.63, 3.8) is 0 Å². The van der Waals surface area contributed by atoms with Gasteiger partial charge in [0.05, 0.1) is 37.0 Å². The maximum atomic E-state index is 12.4. The van der Waals surface area contributed by atoms with E-state index in [2.05, 4.69) is 14.8 Å². The van der Waals surface area contributed by atoms with Crippen molar-refractivity contribution in [2.24, 2.45) is 5.92 Å². The molecule has 9 nitrogen and oxygen atoms in total. The summed E-state index contributed by atoms with van der Waals surface area (Å²) in [7, 11) is 2.41. The van der Waals surface area contributed by atoms with Crippen LogP contribution in [0.3, 0.4) is 0 Å². The lowest BCUT2D eigenvalue weighted by atomic mass is 10.1. The van der Waals surface area contributed by atoms with Gasteiger partial charge in [0.2, 0.25) is 0 Å². The maximum absolute atomic E-state index is 12.4. The summed E-state index contributed by atoms with van der Waals surface area (Å²) in [5, 5.41) is 11.5. The first-order valence-electron chi connectivity index (χ1n) is 7.46. The van der Waals surface area contributed by atoms with Gasteiger partial charge in [-0.05, 0) is 24.6 Å². The Morgan fingerprint density at radius 2 is 1.84 bits per heavy atom. The Morgan fingerprint density at radius 1 is 1.16 bits per heavy atom. The maximum Gasteiger partial charge on any atom is 0.339 e. The summed E-state index contributed by atoms with van der Waals surface area (Å²) in [5.41, 5.74) is 0.297. The van der Waals surface area contributed by atoms with Gasteiger partial charge in [-0.2, -0.15) is 0 Å². The molecule has 9 heteroatoms. The summed E-state index contributed by atoms with van der Waals surface area (Å²) in [4.78, 5) is 48.2. The highest BCUT2D eigenvalue weighted by molar-refractivity contribution is 6.03. The minimum Gasteiger partial charge on any atom is -0.481 e. The second-order valence-corrected chi connectivity index (χ2v) is 5.44. The van der Waals surface area contributed by atoms with Gasteiger partial charge < -0.3 is 24.8 Å². The van der Waals surface area contributed by atoms with Crippen LogP contribution < -0.4 is 5.32 Å². The number of methoxy groups -OCH3 is 2. The molecule has 0 radical (unpaired) electrons. The molecule has 0 spiro atoms. The molecule has 2 rings (SSSR count). The van der Waals surface area contributed by atoms with E-state index < -0.39 is 29.9 Å². The van der Waals surface area contributed by atoms with Gasteiger partial charge in [0.25, 0.3) is 0 Å². The molecule has 1 saturated heterocycles. The number of carboxylic acids is 1. The van der Waals surface area contributed by atoms with E-state index in [9.17, 15) is 19.2 Å². The van der Waals surface area contributed by atoms with Gasteiger partial charge in [-0.15, -0.1) is 0 Å². The molecule has 1 aromatic carbocycles. The predicted octanol–water partition coefficient (Wildman–Crippen LogP) is 1.20. The van der Waals surface area contributed by atoms with Crippen LogP contribution in [-0.2, 0) is 14.3 Å². The van der Waals surface area contributed by atoms with Crippen LogP contribution in [-0.4, -0.2) is 61.3 Å². The van der Waals surface area contributed by atoms with Gasteiger partial charge in [-0.3, -0.25) is 4.79 Å². The Morgan fingerprint density at radius 3 is 2.40 bits per heavy atom. The number of amides is 2. The van der Waals surface area contributed by atoms with Crippen LogP contribution in [0.4, 0.5) is 10.5 Å². The average molecular weight is 350 g/mol. The van der Waals surface area contributed by atoms with Gasteiger partial charge in [0, 0.05) is 13.1 Å². The number of anilines is 1. The zero-order valence-corrected chi connectivity index (χ0v) is 13.8. The van der Waals surface area contributed by atoms with E-state index >= 15 is 0 Å². The molecule has 1 fully saturated rings. The lowest BCUT2D eigenvalue weighted by Crippen LogP contribution is -2.34. The fourth-order valence-electron chi connectivity index (χ4n) is 2.52. The third-order valence-electron chi connectivity index (χ3n) is 3.91. The van der Waals surface area contributed by atoms with E-state index in [1.165, 1.54) is 37.3 Å². The number of carbonyl (C=O) groups is 4. The highest BCUT2D eigenvalue weighted by atomic mass is 16.5. The molecule has 1 aromatic rings. The Kier molecular flexibility index (Phi) is 5.58. The smallest absolute Gasteiger partial charge is 0.339 e. The van der Waals surface area contributed by atoms with Crippen molar-refractivity contribution in [2.45, 2.75) is 6.42 Å². The number of likely N-dealkylation sites (tertiary alicyclic amines) is 1. The van der Waals surface area contributed by atoms with Crippen molar-refractivity contribution in [2.75, 3.05) is 32.6 Å². The van der Waals surface area contributed by atoms with Crippen molar-refractivity contribution in [3.8, 4) is 0 Å². The minimum atomic E-state index is -0.960. The number of nitrogens with zero attached hydrogens (tertiary/aromatic N) is 1. The van der Waals surface area contributed by atoms with E-state index in [0.29, 0.717) is 6.42 Å². The highest BCUT2D eigenvalue weighted by Gasteiger charge is 2.31. The summed E-state index contributed by atoms with van der Waals surface area (Å²) in [5.74, 6) is -2.89. The number of rotatable bonds is 4. The average Bonchev–Trinajstić information content (AvgIpc) is 3.10. The standard InChI is InChI=1S/C16H18N2O7/c1-24-14(21)9-3-4-11(15(22)25-2)12(7-9)17-16(23)18-6-5-10(8-18)13(19)20/h3-4,7,10H,5-6,8H2,1-2H3,(H,17,23)(H,19,20). The van der Waals surface area contributed by atoms with Gasteiger partial charge in [-0.25, -0.2) is 14.4 Å². The highest BCUT2D eigenvalue weighted by Crippen LogP contribution is 2.22. The number of benzene rings is 1. The summed E-state index contributed by atoms with van der Waals surface area (Å²) < 4.78 is 9.28. The number of esters is 2. The lowest BCUT2D eigenvalue weighted by Gasteiger charge is -2.18. The second kappa shape index (κ2) is 7.65. The number of carboxylic acid groups (broad SMARTS) is 1. The van der Waals surface area contributed by atoms with Crippen LogP contribution in [0.15, 0.2) is 18.2 Å². The van der Waals surface area contributed by atoms with Crippen molar-refractivity contribution in [1.29, 1.82) is 0 Å². The number of carbonyl (C=O) groups excluding carboxylic acids is 3. The monoisotopic (exact) mass is 350 g/mol. The Bertz CT molecular complexity index is 716. The van der Waals surface area contributed by atoms with Crippen LogP contribution in [0.1, 0.15) is 27.1 Å². The molecule has 1 atom stereocenters. The van der Waals surface area contributed by atoms with E-state index in [-0.39, 0.29) is 29.9 Å². The summed E-state index contributed by atoms with van der Waals surface area (Å²) >= 11 is 0. The first-order valence-corrected chi connectivity index (χ1v) is 7.46. The molecule has 25 heavy (non-hydrogen) atoms. The molecule has 2 amide bonds. The largest absolute Gasteiger partial charge is 0.481 e. The molecule has 1 aliphatic heterocycles. The molecule has 134 valence electrons. The van der Waals surface area contributed by atoms with Crippen LogP contribution in [0, 0.1) is 5.92 Å². The topological polar surface area (TPSA) is 122 Å². The van der Waals surface area contributed by atoms with Crippen molar-refractivity contribution >= 4 is 29.6 Å². The molecule has 0 bridgehead atoms. The van der Waals surface area contributed by atoms with Gasteiger partial charge in [0.1, 0.15) is 0 Å². The van der Waals surface area contributed by atoms with Crippen molar-refractivity contribution in [3.05, 3.63) is 29.3 Å². The first kappa shape index (κ1) is 18.2. The Labute approximate surface area is 143 Å². The molecule has 1 unspecified atom stereocenters. The third kappa shape index (κ3) is 4.06. The zero-order chi connectivity index (χ0) is 18.6. The first-order chi connectivity index (χ1) is 11.9. The molecule has 0 aliphatic carbocycles. The van der Waals surface area contributed by atoms with E-state index in [4.69, 9.17) is 5.11 Å². The van der Waals surface area contributed by atoms with E-state index in [0.717, 1.165) is 0 Å². The second-order valence-electron chi connectivity index (χ2n) is 5.44. The van der Waals surface area contributed by atoms with E-state index in [1.807, 2.05) is 0 Å². The number of hydrogen-bond donors (Lipinski definition) is 2. The number of nitrogens with one attached hydrogen (secondary N) is 1. The fourth-order valence-corrected chi connectivity index (χ4v) is 2.52. The molecule has 1 heterocycles. The van der Waals surface area contributed by atoms with Crippen LogP contribution in [0.25, 0.3) is 0 Å². The molecule has 0 saturated carbocycles. The van der Waals surface area contributed by atoms with Crippen LogP contribution >= 0.6 is 0 Å². The molecule has 0 aromatic heterocycles. The third-order valence-corrected chi connectivity index (χ3v) is 3.91. The number of aliphatic carboxylic acids is 1. The van der Waals surface area contributed by atoms with Gasteiger partial charge >= 0.3 is 23.9 Å². The molecule has 2 N–H and O–H groups in total. The number of ether oxygens (including phenoxy) is 2. The lowest BCUT2D eigenvalue weighted by molar-refractivity contribution is -0.141. The molecular formula is C16H18N2O7. The minimum absolute atomic E-state index is 0.0671. The predicted molar refractivity (Wildman–Crippen MR) is 85.5 cm³/mol. The quantitative estimate of drug-likeness (QED) is 0.782. The van der Waals surface area contributed by atoms with E-state index in [1.54, 1.807) is 0 Å². The van der Waals surface area contributed by atoms with Crippen molar-refractivity contribution < 1.29 is 33.8 Å². The van der Waals surface area contributed by atoms with Crippen LogP contribution in [0.5, 0.6) is 0 Å². The number of urea groups is 1. The van der Waals surface area contributed by atoms with Crippen LogP contribution in [0.2, 0.25) is 0 Å². The fraction of sp³-hybridized carbons (Fsp3) is 0.375. The zero-order valence-electron chi connectivity index (χ0n) is 13.8. The van der Waals surface area contributed by atoms with Gasteiger partial charge in [-0.1, -0.05) is 0 Å². The Hall–Kier alpha value is -3.10. The molecule has 1 aliphatic rings. The van der Waals surface area contributed by atoms with Gasteiger partial charge in [0.15, 0.2) is 0 Å². The van der Waals surface area contributed by atoms with Crippen molar-refractivity contribution in [1.82, 2.24) is 4.90 Å². The number of hydrogen-bond acceptors (Lipinski definition) is 6. The summed E-state index contributed by atoms with van der Waals surface area (Å²) in [6, 6.07) is 3.47. The SMILES string of the molecule is COC(=O)c1ccc(C(=O)OC)c(NC(=O)N2CCC(C(=O)O)C2)c1. The molecular weight excluding hydrogens is 332 g/mol. The Balaban J connectivity index is 2.23.